The first-order chi connectivity index (χ1) is 6.69. The van der Waals surface area contributed by atoms with Crippen molar-refractivity contribution in [1.29, 1.82) is 0 Å². The van der Waals surface area contributed by atoms with E-state index in [4.69, 9.17) is 5.11 Å². The summed E-state index contributed by atoms with van der Waals surface area (Å²) >= 11 is 0. The second-order valence-electron chi connectivity index (χ2n) is 2.92. The van der Waals surface area contributed by atoms with Crippen LogP contribution in [0.4, 0.5) is 0 Å². The van der Waals surface area contributed by atoms with Gasteiger partial charge in [0.15, 0.2) is 0 Å². The molecule has 5 heteroatoms. The Bertz CT molecular complexity index is 320. The summed E-state index contributed by atoms with van der Waals surface area (Å²) in [7, 11) is 0. The third-order valence-electron chi connectivity index (χ3n) is 1.91. The number of aromatic nitrogens is 2. The summed E-state index contributed by atoms with van der Waals surface area (Å²) in [6.07, 6.45) is 0. The minimum atomic E-state index is -0.929. The van der Waals surface area contributed by atoms with Gasteiger partial charge in [0.25, 0.3) is 0 Å². The van der Waals surface area contributed by atoms with E-state index >= 15 is 0 Å². The molecule has 78 valence electrons. The smallest absolute Gasteiger partial charge is 0.354 e. The Morgan fingerprint density at radius 2 is 2.36 bits per heavy atom. The van der Waals surface area contributed by atoms with E-state index in [9.17, 15) is 4.79 Å². The molecule has 1 aromatic rings. The maximum absolute atomic E-state index is 10.8. The van der Waals surface area contributed by atoms with Crippen LogP contribution in [-0.4, -0.2) is 27.4 Å². The van der Waals surface area contributed by atoms with E-state index in [1.54, 1.807) is 6.07 Å². The Labute approximate surface area is 82.7 Å². The Hall–Kier alpha value is -1.36. The van der Waals surface area contributed by atoms with Crippen molar-refractivity contribution in [3.05, 3.63) is 17.5 Å². The first-order valence-electron chi connectivity index (χ1n) is 4.69. The number of hydrogen-bond donors (Lipinski definition) is 2. The van der Waals surface area contributed by atoms with E-state index in [-0.39, 0.29) is 5.69 Å². The summed E-state index contributed by atoms with van der Waals surface area (Å²) < 4.78 is 1.50. The summed E-state index contributed by atoms with van der Waals surface area (Å²) in [5.41, 5.74) is 1.02. The molecule has 0 spiro atoms. The lowest BCUT2D eigenvalue weighted by molar-refractivity contribution is 0.0683. The van der Waals surface area contributed by atoms with E-state index in [0.29, 0.717) is 13.1 Å². The summed E-state index contributed by atoms with van der Waals surface area (Å²) in [5, 5.41) is 16.1. The highest BCUT2D eigenvalue weighted by Gasteiger charge is 2.12. The standard InChI is InChI=1S/C9H15N3O2/c1-3-10-6-7-5-8(9(13)14)12(4-2)11-7/h5,10H,3-4,6H2,1-2H3,(H,13,14). The van der Waals surface area contributed by atoms with Gasteiger partial charge in [-0.05, 0) is 19.5 Å². The van der Waals surface area contributed by atoms with E-state index < -0.39 is 5.97 Å². The van der Waals surface area contributed by atoms with Gasteiger partial charge in [0.1, 0.15) is 5.69 Å². The molecule has 0 unspecified atom stereocenters. The molecule has 0 aliphatic rings. The van der Waals surface area contributed by atoms with Crippen molar-refractivity contribution in [3.8, 4) is 0 Å². The van der Waals surface area contributed by atoms with E-state index in [1.165, 1.54) is 4.68 Å². The van der Waals surface area contributed by atoms with Gasteiger partial charge in [0.2, 0.25) is 0 Å². The third kappa shape index (κ3) is 2.32. The molecule has 0 radical (unpaired) electrons. The van der Waals surface area contributed by atoms with Gasteiger partial charge in [-0.25, -0.2) is 4.79 Å². The molecule has 5 nitrogen and oxygen atoms in total. The van der Waals surface area contributed by atoms with Gasteiger partial charge in [-0.15, -0.1) is 0 Å². The monoisotopic (exact) mass is 197 g/mol. The molecule has 0 saturated heterocycles. The SMILES string of the molecule is CCNCc1cc(C(=O)O)n(CC)n1. The van der Waals surface area contributed by atoms with Gasteiger partial charge >= 0.3 is 5.97 Å². The number of aromatic carboxylic acids is 1. The largest absolute Gasteiger partial charge is 0.477 e. The van der Waals surface area contributed by atoms with Crippen LogP contribution in [0.15, 0.2) is 6.07 Å². The van der Waals surface area contributed by atoms with Gasteiger partial charge in [-0.1, -0.05) is 6.92 Å². The van der Waals surface area contributed by atoms with Gasteiger partial charge < -0.3 is 10.4 Å². The lowest BCUT2D eigenvalue weighted by Gasteiger charge is -1.98. The highest BCUT2D eigenvalue weighted by atomic mass is 16.4. The summed E-state index contributed by atoms with van der Waals surface area (Å²) in [5.74, 6) is -0.929. The molecule has 0 atom stereocenters. The predicted molar refractivity (Wildman–Crippen MR) is 52.2 cm³/mol. The Balaban J connectivity index is 2.83. The fourth-order valence-corrected chi connectivity index (χ4v) is 1.22. The van der Waals surface area contributed by atoms with Crippen molar-refractivity contribution >= 4 is 5.97 Å². The van der Waals surface area contributed by atoms with Crippen LogP contribution in [0.1, 0.15) is 30.0 Å². The molecule has 0 aromatic carbocycles. The second-order valence-corrected chi connectivity index (χ2v) is 2.92. The van der Waals surface area contributed by atoms with E-state index in [2.05, 4.69) is 10.4 Å². The molecular formula is C9H15N3O2. The molecule has 0 fully saturated rings. The number of carboxylic acids is 1. The normalized spacial score (nSPS) is 10.4. The van der Waals surface area contributed by atoms with Crippen LogP contribution >= 0.6 is 0 Å². The van der Waals surface area contributed by atoms with E-state index in [0.717, 1.165) is 12.2 Å². The summed E-state index contributed by atoms with van der Waals surface area (Å²) in [6, 6.07) is 1.61. The van der Waals surface area contributed by atoms with Gasteiger partial charge in [-0.3, -0.25) is 4.68 Å². The highest BCUT2D eigenvalue weighted by Crippen LogP contribution is 2.04. The van der Waals surface area contributed by atoms with Crippen molar-refractivity contribution in [2.24, 2.45) is 0 Å². The fourth-order valence-electron chi connectivity index (χ4n) is 1.22. The molecule has 1 rings (SSSR count). The minimum absolute atomic E-state index is 0.250. The van der Waals surface area contributed by atoms with Crippen LogP contribution < -0.4 is 5.32 Å². The molecule has 1 heterocycles. The molecule has 0 aliphatic heterocycles. The molecule has 0 amide bonds. The average molecular weight is 197 g/mol. The quantitative estimate of drug-likeness (QED) is 0.729. The molecule has 1 aromatic heterocycles. The average Bonchev–Trinajstić information content (AvgIpc) is 2.57. The first-order valence-corrected chi connectivity index (χ1v) is 4.69. The third-order valence-corrected chi connectivity index (χ3v) is 1.91. The van der Waals surface area contributed by atoms with Gasteiger partial charge in [-0.2, -0.15) is 5.10 Å². The van der Waals surface area contributed by atoms with Crippen LogP contribution in [0.5, 0.6) is 0 Å². The number of aryl methyl sites for hydroxylation is 1. The zero-order chi connectivity index (χ0) is 10.6. The topological polar surface area (TPSA) is 67.2 Å². The van der Waals surface area contributed by atoms with Crippen molar-refractivity contribution in [2.45, 2.75) is 26.9 Å². The highest BCUT2D eigenvalue weighted by molar-refractivity contribution is 5.85. The number of rotatable bonds is 5. The summed E-state index contributed by atoms with van der Waals surface area (Å²) in [6.45, 7) is 5.91. The van der Waals surface area contributed by atoms with Gasteiger partial charge in [0.05, 0.1) is 5.69 Å². The summed E-state index contributed by atoms with van der Waals surface area (Å²) in [4.78, 5) is 10.8. The zero-order valence-corrected chi connectivity index (χ0v) is 8.45. The number of carbonyl (C=O) groups is 1. The minimum Gasteiger partial charge on any atom is -0.477 e. The van der Waals surface area contributed by atoms with Crippen molar-refractivity contribution in [3.63, 3.8) is 0 Å². The molecule has 0 bridgehead atoms. The Morgan fingerprint density at radius 3 is 2.79 bits per heavy atom. The van der Waals surface area contributed by atoms with Gasteiger partial charge in [0, 0.05) is 13.1 Å². The van der Waals surface area contributed by atoms with Crippen molar-refractivity contribution in [1.82, 2.24) is 15.1 Å². The lowest BCUT2D eigenvalue weighted by atomic mass is 10.3. The van der Waals surface area contributed by atoms with Crippen LogP contribution in [0.25, 0.3) is 0 Å². The first kappa shape index (κ1) is 10.7. The molecule has 2 N–H and O–H groups in total. The number of hydrogen-bond acceptors (Lipinski definition) is 3. The Kier molecular flexibility index (Phi) is 3.64. The van der Waals surface area contributed by atoms with Crippen LogP contribution in [0, 0.1) is 0 Å². The fraction of sp³-hybridized carbons (Fsp3) is 0.556. The number of carboxylic acid groups (broad SMARTS) is 1. The predicted octanol–water partition coefficient (Wildman–Crippen LogP) is 0.711. The molecule has 14 heavy (non-hydrogen) atoms. The Morgan fingerprint density at radius 1 is 1.64 bits per heavy atom. The maximum atomic E-state index is 10.8. The van der Waals surface area contributed by atoms with Crippen LogP contribution in [-0.2, 0) is 13.1 Å². The molecule has 0 saturated carbocycles. The van der Waals surface area contributed by atoms with Crippen molar-refractivity contribution < 1.29 is 9.90 Å². The zero-order valence-electron chi connectivity index (χ0n) is 8.45. The van der Waals surface area contributed by atoms with Crippen LogP contribution in [0.3, 0.4) is 0 Å². The maximum Gasteiger partial charge on any atom is 0.354 e. The van der Waals surface area contributed by atoms with E-state index in [1.807, 2.05) is 13.8 Å². The number of nitrogens with zero attached hydrogens (tertiary/aromatic N) is 2. The second kappa shape index (κ2) is 4.76. The van der Waals surface area contributed by atoms with Crippen molar-refractivity contribution in [2.75, 3.05) is 6.54 Å². The lowest BCUT2D eigenvalue weighted by Crippen LogP contribution is -2.12. The number of nitrogens with one attached hydrogen (secondary N) is 1. The molecule has 0 aliphatic carbocycles. The van der Waals surface area contributed by atoms with Crippen LogP contribution in [0.2, 0.25) is 0 Å². The molecular weight excluding hydrogens is 182 g/mol.